The van der Waals surface area contributed by atoms with Crippen LogP contribution in [-0.2, 0) is 9.59 Å². The van der Waals surface area contributed by atoms with E-state index in [0.29, 0.717) is 0 Å². The Labute approximate surface area is 92.6 Å². The topological polar surface area (TPSA) is 89.3 Å². The van der Waals surface area contributed by atoms with Gasteiger partial charge in [-0.3, -0.25) is 14.4 Å². The average Bonchev–Trinajstić information content (AvgIpc) is 2.28. The summed E-state index contributed by atoms with van der Waals surface area (Å²) < 4.78 is 0. The molecule has 0 saturated heterocycles. The third-order valence-electron chi connectivity index (χ3n) is 2.02. The number of hydrogen-bond acceptors (Lipinski definition) is 3. The lowest BCUT2D eigenvalue weighted by atomic mass is 10.1. The van der Waals surface area contributed by atoms with Gasteiger partial charge in [-0.05, 0) is 6.92 Å². The van der Waals surface area contributed by atoms with Gasteiger partial charge in [0, 0.05) is 5.56 Å². The van der Waals surface area contributed by atoms with Crippen molar-refractivity contribution < 1.29 is 14.4 Å². The number of benzene rings is 1. The van der Waals surface area contributed by atoms with E-state index < -0.39 is 23.6 Å². The van der Waals surface area contributed by atoms with Gasteiger partial charge in [0.1, 0.15) is 6.04 Å². The highest BCUT2D eigenvalue weighted by molar-refractivity contribution is 6.43. The number of amides is 2. The van der Waals surface area contributed by atoms with Crippen molar-refractivity contribution in [1.29, 1.82) is 0 Å². The summed E-state index contributed by atoms with van der Waals surface area (Å²) in [7, 11) is 0. The quantitative estimate of drug-likeness (QED) is 0.546. The van der Waals surface area contributed by atoms with Crippen molar-refractivity contribution in [3.63, 3.8) is 0 Å². The van der Waals surface area contributed by atoms with E-state index in [9.17, 15) is 14.4 Å². The van der Waals surface area contributed by atoms with Gasteiger partial charge in [-0.1, -0.05) is 30.3 Å². The van der Waals surface area contributed by atoms with E-state index >= 15 is 0 Å². The molecule has 0 bridgehead atoms. The molecule has 0 heterocycles. The molecule has 0 saturated carbocycles. The molecule has 0 aliphatic carbocycles. The van der Waals surface area contributed by atoms with Crippen LogP contribution in [0.2, 0.25) is 0 Å². The maximum atomic E-state index is 11.5. The second kappa shape index (κ2) is 5.06. The fourth-order valence-electron chi connectivity index (χ4n) is 1.05. The molecule has 1 aromatic carbocycles. The Hall–Kier alpha value is -2.17. The van der Waals surface area contributed by atoms with Gasteiger partial charge in [0.15, 0.2) is 0 Å². The van der Waals surface area contributed by atoms with E-state index in [1.165, 1.54) is 19.1 Å². The number of nitrogens with two attached hydrogens (primary N) is 1. The summed E-state index contributed by atoms with van der Waals surface area (Å²) in [6.07, 6.45) is 0. The highest BCUT2D eigenvalue weighted by atomic mass is 16.2. The lowest BCUT2D eigenvalue weighted by Crippen LogP contribution is -2.44. The second-order valence-electron chi connectivity index (χ2n) is 3.29. The van der Waals surface area contributed by atoms with Crippen molar-refractivity contribution in [3.05, 3.63) is 35.9 Å². The molecule has 0 aliphatic rings. The number of hydrogen-bond donors (Lipinski definition) is 2. The lowest BCUT2D eigenvalue weighted by Gasteiger charge is -2.08. The molecular weight excluding hydrogens is 208 g/mol. The molecule has 5 nitrogen and oxygen atoms in total. The van der Waals surface area contributed by atoms with Crippen LogP contribution in [0, 0.1) is 0 Å². The Morgan fingerprint density at radius 3 is 2.25 bits per heavy atom. The Morgan fingerprint density at radius 1 is 1.19 bits per heavy atom. The minimum absolute atomic E-state index is 0.275. The lowest BCUT2D eigenvalue weighted by molar-refractivity contribution is -0.124. The molecule has 1 rings (SSSR count). The van der Waals surface area contributed by atoms with Crippen molar-refractivity contribution in [1.82, 2.24) is 5.32 Å². The van der Waals surface area contributed by atoms with Crippen LogP contribution >= 0.6 is 0 Å². The van der Waals surface area contributed by atoms with Crippen molar-refractivity contribution in [3.8, 4) is 0 Å². The van der Waals surface area contributed by atoms with E-state index in [-0.39, 0.29) is 5.56 Å². The van der Waals surface area contributed by atoms with E-state index in [1.54, 1.807) is 18.2 Å². The third-order valence-corrected chi connectivity index (χ3v) is 2.02. The van der Waals surface area contributed by atoms with E-state index in [0.717, 1.165) is 0 Å². The van der Waals surface area contributed by atoms with Gasteiger partial charge in [-0.25, -0.2) is 0 Å². The Morgan fingerprint density at radius 2 is 1.75 bits per heavy atom. The molecule has 0 fully saturated rings. The molecule has 1 atom stereocenters. The zero-order valence-corrected chi connectivity index (χ0v) is 8.77. The van der Waals surface area contributed by atoms with Crippen LogP contribution in [-0.4, -0.2) is 23.6 Å². The molecule has 2 amide bonds. The van der Waals surface area contributed by atoms with E-state index in [1.807, 2.05) is 0 Å². The molecule has 1 aromatic rings. The molecule has 16 heavy (non-hydrogen) atoms. The predicted octanol–water partition coefficient (Wildman–Crippen LogP) is -0.141. The SMILES string of the molecule is CC(NC(=O)C(=O)c1ccccc1)C(N)=O. The first-order valence-corrected chi connectivity index (χ1v) is 4.72. The second-order valence-corrected chi connectivity index (χ2v) is 3.29. The van der Waals surface area contributed by atoms with Crippen LogP contribution in [0.4, 0.5) is 0 Å². The molecule has 0 spiro atoms. The summed E-state index contributed by atoms with van der Waals surface area (Å²) in [6.45, 7) is 1.42. The highest BCUT2D eigenvalue weighted by Crippen LogP contribution is 2.00. The zero-order chi connectivity index (χ0) is 12.1. The number of primary amides is 1. The Bertz CT molecular complexity index is 414. The molecule has 0 aromatic heterocycles. The van der Waals surface area contributed by atoms with Gasteiger partial charge < -0.3 is 11.1 Å². The minimum Gasteiger partial charge on any atom is -0.368 e. The smallest absolute Gasteiger partial charge is 0.293 e. The summed E-state index contributed by atoms with van der Waals surface area (Å²) in [6, 6.07) is 7.23. The van der Waals surface area contributed by atoms with Crippen LogP contribution in [0.1, 0.15) is 17.3 Å². The standard InChI is InChI=1S/C11H12N2O3/c1-7(10(12)15)13-11(16)9(14)8-5-3-2-4-6-8/h2-7H,1H3,(H2,12,15)(H,13,16). The first-order valence-electron chi connectivity index (χ1n) is 4.72. The maximum absolute atomic E-state index is 11.5. The Balaban J connectivity index is 2.69. The molecule has 1 unspecified atom stereocenters. The van der Waals surface area contributed by atoms with Gasteiger partial charge in [0.05, 0.1) is 0 Å². The summed E-state index contributed by atoms with van der Waals surface area (Å²) in [4.78, 5) is 33.6. The molecule has 5 heteroatoms. The van der Waals surface area contributed by atoms with Crippen molar-refractivity contribution >= 4 is 17.6 Å². The number of nitrogens with one attached hydrogen (secondary N) is 1. The van der Waals surface area contributed by atoms with Crippen molar-refractivity contribution in [2.24, 2.45) is 5.73 Å². The molecule has 84 valence electrons. The van der Waals surface area contributed by atoms with Gasteiger partial charge >= 0.3 is 0 Å². The first kappa shape index (κ1) is 11.9. The van der Waals surface area contributed by atoms with Crippen molar-refractivity contribution in [2.45, 2.75) is 13.0 Å². The summed E-state index contributed by atoms with van der Waals surface area (Å²) >= 11 is 0. The van der Waals surface area contributed by atoms with Crippen LogP contribution in [0.15, 0.2) is 30.3 Å². The average molecular weight is 220 g/mol. The van der Waals surface area contributed by atoms with Gasteiger partial charge in [0.25, 0.3) is 5.91 Å². The van der Waals surface area contributed by atoms with Crippen LogP contribution in [0.3, 0.4) is 0 Å². The van der Waals surface area contributed by atoms with Gasteiger partial charge in [-0.15, -0.1) is 0 Å². The summed E-state index contributed by atoms with van der Waals surface area (Å²) in [5.74, 6) is -2.21. The van der Waals surface area contributed by atoms with E-state index in [4.69, 9.17) is 5.73 Å². The number of Topliss-reactive ketones (excluding diaryl/α,β-unsaturated/α-hetero) is 1. The van der Waals surface area contributed by atoms with Crippen LogP contribution in [0.25, 0.3) is 0 Å². The van der Waals surface area contributed by atoms with Crippen LogP contribution in [0.5, 0.6) is 0 Å². The normalized spacial score (nSPS) is 11.6. The van der Waals surface area contributed by atoms with Crippen molar-refractivity contribution in [2.75, 3.05) is 0 Å². The van der Waals surface area contributed by atoms with Gasteiger partial charge in [-0.2, -0.15) is 0 Å². The monoisotopic (exact) mass is 220 g/mol. The third kappa shape index (κ3) is 2.91. The number of rotatable bonds is 4. The zero-order valence-electron chi connectivity index (χ0n) is 8.77. The highest BCUT2D eigenvalue weighted by Gasteiger charge is 2.19. The fourth-order valence-corrected chi connectivity index (χ4v) is 1.05. The number of ketones is 1. The van der Waals surface area contributed by atoms with Crippen LogP contribution < -0.4 is 11.1 Å². The van der Waals surface area contributed by atoms with Gasteiger partial charge in [0.2, 0.25) is 11.7 Å². The van der Waals surface area contributed by atoms with E-state index in [2.05, 4.69) is 5.32 Å². The minimum atomic E-state index is -0.861. The predicted molar refractivity (Wildman–Crippen MR) is 57.6 cm³/mol. The first-order chi connectivity index (χ1) is 7.52. The summed E-state index contributed by atoms with van der Waals surface area (Å²) in [5, 5.41) is 2.21. The maximum Gasteiger partial charge on any atom is 0.293 e. The number of carbonyl (C=O) groups excluding carboxylic acids is 3. The molecule has 0 aliphatic heterocycles. The summed E-state index contributed by atoms with van der Waals surface area (Å²) in [5.41, 5.74) is 5.23. The number of carbonyl (C=O) groups is 3. The molecule has 3 N–H and O–H groups in total. The largest absolute Gasteiger partial charge is 0.368 e. The Kier molecular flexibility index (Phi) is 3.77. The molecular formula is C11H12N2O3. The fraction of sp³-hybridized carbons (Fsp3) is 0.182. The molecule has 0 radical (unpaired) electrons.